The van der Waals surface area contributed by atoms with E-state index < -0.39 is 0 Å². The molecule has 1 aromatic rings. The van der Waals surface area contributed by atoms with E-state index in [0.717, 1.165) is 25.3 Å². The number of rotatable bonds is 4. The van der Waals surface area contributed by atoms with Crippen LogP contribution in [-0.2, 0) is 4.79 Å². The first kappa shape index (κ1) is 15.6. The van der Waals surface area contributed by atoms with Crippen molar-refractivity contribution in [2.24, 2.45) is 0 Å². The molecule has 1 amide bonds. The van der Waals surface area contributed by atoms with Crippen LogP contribution in [0, 0.1) is 0 Å². The van der Waals surface area contributed by atoms with Gasteiger partial charge in [0.15, 0.2) is 6.61 Å². The van der Waals surface area contributed by atoms with Gasteiger partial charge in [-0.25, -0.2) is 0 Å². The molecule has 0 saturated carbocycles. The third-order valence-electron chi connectivity index (χ3n) is 3.17. The number of ether oxygens (including phenoxy) is 1. The lowest BCUT2D eigenvalue weighted by Gasteiger charge is -2.20. The van der Waals surface area contributed by atoms with Gasteiger partial charge in [0.05, 0.1) is 0 Å². The van der Waals surface area contributed by atoms with Crippen molar-refractivity contribution in [3.8, 4) is 5.75 Å². The van der Waals surface area contributed by atoms with Crippen molar-refractivity contribution >= 4 is 11.5 Å². The molecule has 0 fully saturated rings. The molecule has 0 spiro atoms. The van der Waals surface area contributed by atoms with E-state index in [0.29, 0.717) is 0 Å². The first-order chi connectivity index (χ1) is 9.94. The lowest BCUT2D eigenvalue weighted by atomic mass is 10.0. The van der Waals surface area contributed by atoms with E-state index >= 15 is 0 Å². The molecule has 21 heavy (non-hydrogen) atoms. The van der Waals surface area contributed by atoms with E-state index in [1.807, 2.05) is 45.0 Å². The SMILES string of the molecule is CC(C)(C)NC(=O)COc1ccc(C2=CCNCC2)cc1. The Labute approximate surface area is 126 Å². The van der Waals surface area contributed by atoms with E-state index in [9.17, 15) is 4.79 Å². The van der Waals surface area contributed by atoms with Crippen LogP contribution in [-0.4, -0.2) is 31.1 Å². The Hall–Kier alpha value is -1.81. The van der Waals surface area contributed by atoms with Crippen molar-refractivity contribution in [1.82, 2.24) is 10.6 Å². The maximum absolute atomic E-state index is 11.7. The minimum atomic E-state index is -0.230. The van der Waals surface area contributed by atoms with Crippen LogP contribution in [0.15, 0.2) is 30.3 Å². The van der Waals surface area contributed by atoms with E-state index in [2.05, 4.69) is 16.7 Å². The van der Waals surface area contributed by atoms with Crippen LogP contribution in [0.25, 0.3) is 5.57 Å². The monoisotopic (exact) mass is 288 g/mol. The second-order valence-electron chi connectivity index (χ2n) is 6.29. The van der Waals surface area contributed by atoms with Crippen molar-refractivity contribution in [2.45, 2.75) is 32.7 Å². The van der Waals surface area contributed by atoms with Crippen molar-refractivity contribution < 1.29 is 9.53 Å². The Kier molecular flexibility index (Phi) is 5.02. The molecular weight excluding hydrogens is 264 g/mol. The summed E-state index contributed by atoms with van der Waals surface area (Å²) < 4.78 is 5.51. The molecule has 1 aliphatic heterocycles. The summed E-state index contributed by atoms with van der Waals surface area (Å²) in [6.07, 6.45) is 3.27. The maximum Gasteiger partial charge on any atom is 0.258 e. The van der Waals surface area contributed by atoms with Crippen molar-refractivity contribution in [3.05, 3.63) is 35.9 Å². The summed E-state index contributed by atoms with van der Waals surface area (Å²) >= 11 is 0. The molecule has 2 rings (SSSR count). The van der Waals surface area contributed by atoms with Crippen molar-refractivity contribution in [2.75, 3.05) is 19.7 Å². The van der Waals surface area contributed by atoms with Gasteiger partial charge in [0.1, 0.15) is 5.75 Å². The molecule has 0 aliphatic carbocycles. The smallest absolute Gasteiger partial charge is 0.258 e. The molecule has 1 heterocycles. The van der Waals surface area contributed by atoms with Gasteiger partial charge in [0, 0.05) is 12.1 Å². The Morgan fingerprint density at radius 3 is 2.57 bits per heavy atom. The number of nitrogens with one attached hydrogen (secondary N) is 2. The van der Waals surface area contributed by atoms with E-state index in [1.54, 1.807) is 0 Å². The molecular formula is C17H24N2O2. The normalized spacial score (nSPS) is 15.3. The molecule has 0 radical (unpaired) electrons. The van der Waals surface area contributed by atoms with E-state index in [-0.39, 0.29) is 18.1 Å². The number of amides is 1. The zero-order chi connectivity index (χ0) is 15.3. The summed E-state index contributed by atoms with van der Waals surface area (Å²) in [6.45, 7) is 7.85. The molecule has 0 unspecified atom stereocenters. The van der Waals surface area contributed by atoms with Gasteiger partial charge in [-0.1, -0.05) is 18.2 Å². The topological polar surface area (TPSA) is 50.4 Å². The largest absolute Gasteiger partial charge is 0.484 e. The van der Waals surface area contributed by atoms with Gasteiger partial charge in [0.2, 0.25) is 0 Å². The van der Waals surface area contributed by atoms with Crippen LogP contribution >= 0.6 is 0 Å². The molecule has 114 valence electrons. The number of hydrogen-bond acceptors (Lipinski definition) is 3. The maximum atomic E-state index is 11.7. The number of carbonyl (C=O) groups is 1. The Balaban J connectivity index is 1.88. The summed E-state index contributed by atoms with van der Waals surface area (Å²) in [4.78, 5) is 11.7. The fraction of sp³-hybridized carbons (Fsp3) is 0.471. The molecule has 0 saturated heterocycles. The van der Waals surface area contributed by atoms with Gasteiger partial charge in [-0.15, -0.1) is 0 Å². The fourth-order valence-electron chi connectivity index (χ4n) is 2.25. The zero-order valence-corrected chi connectivity index (χ0v) is 13.0. The van der Waals surface area contributed by atoms with Crippen molar-refractivity contribution in [3.63, 3.8) is 0 Å². The third kappa shape index (κ3) is 5.23. The van der Waals surface area contributed by atoms with E-state index in [4.69, 9.17) is 4.74 Å². The zero-order valence-electron chi connectivity index (χ0n) is 13.0. The Morgan fingerprint density at radius 2 is 2.00 bits per heavy atom. The highest BCUT2D eigenvalue weighted by molar-refractivity contribution is 5.78. The lowest BCUT2D eigenvalue weighted by Crippen LogP contribution is -2.43. The predicted molar refractivity (Wildman–Crippen MR) is 85.3 cm³/mol. The van der Waals surface area contributed by atoms with Gasteiger partial charge in [-0.3, -0.25) is 4.79 Å². The molecule has 1 aromatic carbocycles. The van der Waals surface area contributed by atoms with E-state index in [1.165, 1.54) is 11.1 Å². The van der Waals surface area contributed by atoms with Gasteiger partial charge in [0.25, 0.3) is 5.91 Å². The summed E-state index contributed by atoms with van der Waals surface area (Å²) in [7, 11) is 0. The summed E-state index contributed by atoms with van der Waals surface area (Å²) in [5.74, 6) is 0.616. The minimum absolute atomic E-state index is 0.0449. The predicted octanol–water partition coefficient (Wildman–Crippen LogP) is 2.36. The average molecular weight is 288 g/mol. The van der Waals surface area contributed by atoms with Gasteiger partial charge in [-0.05, 0) is 57.0 Å². The quantitative estimate of drug-likeness (QED) is 0.894. The molecule has 2 N–H and O–H groups in total. The summed E-state index contributed by atoms with van der Waals surface area (Å²) in [6, 6.07) is 7.94. The second-order valence-corrected chi connectivity index (χ2v) is 6.29. The van der Waals surface area contributed by atoms with Crippen LogP contribution in [0.5, 0.6) is 5.75 Å². The summed E-state index contributed by atoms with van der Waals surface area (Å²) in [5, 5.41) is 6.17. The molecule has 4 nitrogen and oxygen atoms in total. The van der Waals surface area contributed by atoms with Crippen LogP contribution < -0.4 is 15.4 Å². The average Bonchev–Trinajstić information content (AvgIpc) is 2.45. The van der Waals surface area contributed by atoms with Gasteiger partial charge >= 0.3 is 0 Å². The van der Waals surface area contributed by atoms with Crippen molar-refractivity contribution in [1.29, 1.82) is 0 Å². The van der Waals surface area contributed by atoms with Gasteiger partial charge < -0.3 is 15.4 Å². The standard InChI is InChI=1S/C17H24N2O2/c1-17(2,3)19-16(20)12-21-15-6-4-13(5-7-15)14-8-10-18-11-9-14/h4-8,18H,9-12H2,1-3H3,(H,19,20). The fourth-order valence-corrected chi connectivity index (χ4v) is 2.25. The molecule has 0 atom stereocenters. The highest BCUT2D eigenvalue weighted by atomic mass is 16.5. The van der Waals surface area contributed by atoms with Crippen LogP contribution in [0.1, 0.15) is 32.8 Å². The first-order valence-electron chi connectivity index (χ1n) is 7.38. The lowest BCUT2D eigenvalue weighted by molar-refractivity contribution is -0.124. The number of benzene rings is 1. The molecule has 0 bridgehead atoms. The molecule has 4 heteroatoms. The molecule has 0 aromatic heterocycles. The Bertz CT molecular complexity index is 513. The van der Waals surface area contributed by atoms with Crippen LogP contribution in [0.4, 0.5) is 0 Å². The number of hydrogen-bond donors (Lipinski definition) is 2. The second kappa shape index (κ2) is 6.76. The summed E-state index contributed by atoms with van der Waals surface area (Å²) in [5.41, 5.74) is 2.36. The highest BCUT2D eigenvalue weighted by Gasteiger charge is 2.14. The third-order valence-corrected chi connectivity index (χ3v) is 3.17. The Morgan fingerprint density at radius 1 is 1.29 bits per heavy atom. The highest BCUT2D eigenvalue weighted by Crippen LogP contribution is 2.22. The van der Waals surface area contributed by atoms with Gasteiger partial charge in [-0.2, -0.15) is 0 Å². The van der Waals surface area contributed by atoms with Crippen LogP contribution in [0.3, 0.4) is 0 Å². The first-order valence-corrected chi connectivity index (χ1v) is 7.38. The number of carbonyl (C=O) groups excluding carboxylic acids is 1. The molecule has 1 aliphatic rings. The van der Waals surface area contributed by atoms with Crippen LogP contribution in [0.2, 0.25) is 0 Å². The minimum Gasteiger partial charge on any atom is -0.484 e.